The molecule has 9 heteroatoms. The molecule has 25 heavy (non-hydrogen) atoms. The van der Waals surface area contributed by atoms with Gasteiger partial charge in [-0.25, -0.2) is 0 Å². The lowest BCUT2D eigenvalue weighted by atomic mass is 10.4. The van der Waals surface area contributed by atoms with E-state index in [0.29, 0.717) is 0 Å². The summed E-state index contributed by atoms with van der Waals surface area (Å²) in [4.78, 5) is 0. The van der Waals surface area contributed by atoms with Crippen LogP contribution in [0.4, 0.5) is 13.2 Å². The van der Waals surface area contributed by atoms with E-state index in [1.807, 2.05) is 0 Å². The van der Waals surface area contributed by atoms with E-state index in [4.69, 9.17) is 17.7 Å². The predicted molar refractivity (Wildman–Crippen MR) is 100 cm³/mol. The Kier molecular flexibility index (Phi) is 15.5. The van der Waals surface area contributed by atoms with Gasteiger partial charge in [-0.3, -0.25) is 4.55 Å². The predicted octanol–water partition coefficient (Wildman–Crippen LogP) is 5.79. The zero-order chi connectivity index (χ0) is 20.0. The first-order valence-electron chi connectivity index (χ1n) is 8.96. The highest BCUT2D eigenvalue weighted by molar-refractivity contribution is 7.86. The molecule has 154 valence electrons. The fourth-order valence-corrected chi connectivity index (χ4v) is 6.88. The maximum Gasteiger partial charge on any atom is 0.522 e. The molecule has 0 aromatic heterocycles. The number of unbranched alkanes of at least 4 members (excludes halogenated alkanes) is 3. The fraction of sp³-hybridized carbons (Fsp3) is 1.00. The molecule has 0 aliphatic carbocycles. The SMILES string of the molecule is CCCC[P+](CCCC)(CCCC)COCC.O=S(=O)(O)C(F)(F)F. The summed E-state index contributed by atoms with van der Waals surface area (Å²) in [5.41, 5.74) is -5.53. The van der Waals surface area contributed by atoms with Gasteiger partial charge in [-0.1, -0.05) is 40.0 Å². The highest BCUT2D eigenvalue weighted by atomic mass is 32.2. The second kappa shape index (κ2) is 14.2. The molecule has 0 aliphatic rings. The fourth-order valence-electron chi connectivity index (χ4n) is 2.29. The normalized spacial score (nSPS) is 12.6. The lowest BCUT2D eigenvalue weighted by molar-refractivity contribution is -0.0510. The molecule has 0 spiro atoms. The van der Waals surface area contributed by atoms with Crippen LogP contribution in [0, 0.1) is 0 Å². The van der Waals surface area contributed by atoms with Gasteiger partial charge in [-0.05, 0) is 26.2 Å². The van der Waals surface area contributed by atoms with Crippen LogP contribution in [0.2, 0.25) is 0 Å². The van der Waals surface area contributed by atoms with Crippen molar-refractivity contribution in [3.63, 3.8) is 0 Å². The average Bonchev–Trinajstić information content (AvgIpc) is 2.52. The van der Waals surface area contributed by atoms with Crippen LogP contribution in [0.5, 0.6) is 0 Å². The molecule has 0 bridgehead atoms. The van der Waals surface area contributed by atoms with E-state index < -0.39 is 22.9 Å². The highest BCUT2D eigenvalue weighted by Crippen LogP contribution is 2.60. The van der Waals surface area contributed by atoms with E-state index in [9.17, 15) is 13.2 Å². The Morgan fingerprint density at radius 2 is 1.20 bits per heavy atom. The first-order chi connectivity index (χ1) is 11.5. The minimum atomic E-state index is -5.84. The van der Waals surface area contributed by atoms with Crippen LogP contribution in [0.25, 0.3) is 0 Å². The molecule has 0 atom stereocenters. The van der Waals surface area contributed by atoms with Crippen LogP contribution in [0.1, 0.15) is 66.2 Å². The van der Waals surface area contributed by atoms with Crippen LogP contribution in [0.3, 0.4) is 0 Å². The zero-order valence-corrected chi connectivity index (χ0v) is 17.7. The summed E-state index contributed by atoms with van der Waals surface area (Å²) in [7, 11) is -6.62. The van der Waals surface area contributed by atoms with Gasteiger partial charge in [0.15, 0.2) is 6.35 Å². The zero-order valence-electron chi connectivity index (χ0n) is 15.9. The molecule has 0 saturated heterocycles. The third-order valence-electron chi connectivity index (χ3n) is 3.82. The maximum atomic E-state index is 10.7. The van der Waals surface area contributed by atoms with Gasteiger partial charge in [0, 0.05) is 13.9 Å². The van der Waals surface area contributed by atoms with Gasteiger partial charge < -0.3 is 4.74 Å². The summed E-state index contributed by atoms with van der Waals surface area (Å²) in [6.45, 7) is 9.97. The number of ether oxygens (including phenoxy) is 1. The van der Waals surface area contributed by atoms with Crippen molar-refractivity contribution in [2.75, 3.05) is 31.4 Å². The average molecular weight is 411 g/mol. The van der Waals surface area contributed by atoms with Crippen molar-refractivity contribution in [3.8, 4) is 0 Å². The van der Waals surface area contributed by atoms with Crippen molar-refractivity contribution in [2.45, 2.75) is 71.7 Å². The molecule has 0 saturated carbocycles. The van der Waals surface area contributed by atoms with E-state index in [1.54, 1.807) is 0 Å². The summed E-state index contributed by atoms with van der Waals surface area (Å²) in [6.07, 6.45) is 13.8. The molecule has 0 aromatic carbocycles. The summed E-state index contributed by atoms with van der Waals surface area (Å²) in [5.74, 6) is 0. The smallest absolute Gasteiger partial charge is 0.347 e. The van der Waals surface area contributed by atoms with Crippen molar-refractivity contribution in [3.05, 3.63) is 0 Å². The number of hydrogen-bond acceptors (Lipinski definition) is 3. The Balaban J connectivity index is 0. The van der Waals surface area contributed by atoms with Crippen molar-refractivity contribution >= 4 is 17.4 Å². The Morgan fingerprint density at radius 3 is 1.40 bits per heavy atom. The molecule has 4 nitrogen and oxygen atoms in total. The molecule has 0 fully saturated rings. The number of alkyl halides is 3. The maximum absolute atomic E-state index is 10.7. The highest BCUT2D eigenvalue weighted by Gasteiger charge is 2.44. The largest absolute Gasteiger partial charge is 0.522 e. The summed E-state index contributed by atoms with van der Waals surface area (Å²) < 4.78 is 63.4. The quantitative estimate of drug-likeness (QED) is 0.251. The molecule has 0 aromatic rings. The standard InChI is InChI=1S/C15H34OP.CHF3O3S/c1-5-9-12-17(13-10-6-2,14-11-7-3)15-16-8-4;2-1(3,4)8(5,6)7/h5-15H2,1-4H3;(H,5,6,7)/q+1;. The second-order valence-corrected chi connectivity index (χ2v) is 11.8. The first-order valence-corrected chi connectivity index (χ1v) is 12.9. The van der Waals surface area contributed by atoms with Crippen molar-refractivity contribution in [1.82, 2.24) is 0 Å². The van der Waals surface area contributed by atoms with Crippen molar-refractivity contribution in [1.29, 1.82) is 0 Å². The molecule has 0 amide bonds. The van der Waals surface area contributed by atoms with Gasteiger partial charge in [-0.2, -0.15) is 21.6 Å². The monoisotopic (exact) mass is 411 g/mol. The van der Waals surface area contributed by atoms with Gasteiger partial charge in [0.25, 0.3) is 0 Å². The minimum Gasteiger partial charge on any atom is -0.347 e. The van der Waals surface area contributed by atoms with Gasteiger partial charge in [0.1, 0.15) is 0 Å². The Bertz CT molecular complexity index is 377. The summed E-state index contributed by atoms with van der Waals surface area (Å²) in [5, 5.41) is 0. The summed E-state index contributed by atoms with van der Waals surface area (Å²) >= 11 is 0. The van der Waals surface area contributed by atoms with E-state index in [0.717, 1.165) is 13.0 Å². The Hall–Kier alpha value is 0.0900. The van der Waals surface area contributed by atoms with Crippen molar-refractivity contribution < 1.29 is 30.9 Å². The van der Waals surface area contributed by atoms with E-state index in [2.05, 4.69) is 27.7 Å². The van der Waals surface area contributed by atoms with Crippen LogP contribution in [-0.2, 0) is 14.9 Å². The number of halogens is 3. The molecular weight excluding hydrogens is 376 g/mol. The topological polar surface area (TPSA) is 63.6 Å². The molecule has 1 N–H and O–H groups in total. The van der Waals surface area contributed by atoms with Crippen LogP contribution >= 0.6 is 7.26 Å². The molecule has 0 aliphatic heterocycles. The van der Waals surface area contributed by atoms with Gasteiger partial charge in [0.2, 0.25) is 0 Å². The third kappa shape index (κ3) is 13.9. The molecule has 0 unspecified atom stereocenters. The van der Waals surface area contributed by atoms with Crippen molar-refractivity contribution in [2.24, 2.45) is 0 Å². The molecule has 0 heterocycles. The molecular formula is C16H35F3O4PS+. The third-order valence-corrected chi connectivity index (χ3v) is 8.93. The van der Waals surface area contributed by atoms with Crippen LogP contribution in [0.15, 0.2) is 0 Å². The Morgan fingerprint density at radius 1 is 0.880 bits per heavy atom. The van der Waals surface area contributed by atoms with Crippen LogP contribution < -0.4 is 0 Å². The lowest BCUT2D eigenvalue weighted by Crippen LogP contribution is -2.21. The van der Waals surface area contributed by atoms with Gasteiger partial charge in [-0.15, -0.1) is 0 Å². The van der Waals surface area contributed by atoms with E-state index in [-0.39, 0.29) is 0 Å². The molecule has 0 radical (unpaired) electrons. The Labute approximate surface area is 152 Å². The lowest BCUT2D eigenvalue weighted by Gasteiger charge is -2.27. The van der Waals surface area contributed by atoms with Crippen LogP contribution in [-0.4, -0.2) is 49.9 Å². The first kappa shape index (κ1) is 27.3. The summed E-state index contributed by atoms with van der Waals surface area (Å²) in [6, 6.07) is 0. The number of rotatable bonds is 12. The minimum absolute atomic E-state index is 0.784. The second-order valence-electron chi connectivity index (χ2n) is 6.12. The van der Waals surface area contributed by atoms with Gasteiger partial charge >= 0.3 is 15.6 Å². The molecule has 0 rings (SSSR count). The van der Waals surface area contributed by atoms with Gasteiger partial charge in [0.05, 0.1) is 18.5 Å². The van der Waals surface area contributed by atoms with E-state index in [1.165, 1.54) is 57.0 Å². The number of hydrogen-bond donors (Lipinski definition) is 1. The van der Waals surface area contributed by atoms with E-state index >= 15 is 0 Å².